The van der Waals surface area contributed by atoms with E-state index < -0.39 is 18.2 Å². The SMILES string of the molecule is CCO.COC(=O)C(OC)c1ccc2c(c1)OCCO2.COC(C(=O)CN)c1ccc2c(c1)OCCO2.NN. The van der Waals surface area contributed by atoms with Crippen LogP contribution in [0.25, 0.3) is 0 Å². The molecule has 0 saturated carbocycles. The molecule has 2 atom stereocenters. The molecule has 2 heterocycles. The summed E-state index contributed by atoms with van der Waals surface area (Å²) in [7, 11) is 4.26. The number of hydrogen-bond donors (Lipinski definition) is 4. The number of rotatable bonds is 7. The van der Waals surface area contributed by atoms with Crippen molar-refractivity contribution in [1.82, 2.24) is 0 Å². The Morgan fingerprint density at radius 1 is 0.795 bits per heavy atom. The minimum Gasteiger partial charge on any atom is -0.486 e. The molecular weight excluding hydrogens is 514 g/mol. The Bertz CT molecular complexity index is 942. The van der Waals surface area contributed by atoms with Crippen molar-refractivity contribution < 1.29 is 47.9 Å². The summed E-state index contributed by atoms with van der Waals surface area (Å²) in [6.07, 6.45) is -1.38. The lowest BCUT2D eigenvalue weighted by Gasteiger charge is -2.20. The van der Waals surface area contributed by atoms with E-state index in [4.69, 9.17) is 39.3 Å². The minimum absolute atomic E-state index is 0.0487. The normalized spacial score (nSPS) is 13.9. The lowest BCUT2D eigenvalue weighted by atomic mass is 10.0. The number of Topliss-reactive ketones (excluding diaryl/α,β-unsaturated/α-hetero) is 1. The molecule has 0 amide bonds. The lowest BCUT2D eigenvalue weighted by Crippen LogP contribution is -2.23. The maximum Gasteiger partial charge on any atom is 0.339 e. The Morgan fingerprint density at radius 2 is 1.18 bits per heavy atom. The molecule has 0 saturated heterocycles. The van der Waals surface area contributed by atoms with Crippen LogP contribution in [0.4, 0.5) is 0 Å². The van der Waals surface area contributed by atoms with Gasteiger partial charge >= 0.3 is 5.97 Å². The van der Waals surface area contributed by atoms with E-state index in [9.17, 15) is 9.59 Å². The summed E-state index contributed by atoms with van der Waals surface area (Å²) < 4.78 is 36.6. The third kappa shape index (κ3) is 9.98. The van der Waals surface area contributed by atoms with Crippen LogP contribution in [0.15, 0.2) is 36.4 Å². The van der Waals surface area contributed by atoms with Crippen LogP contribution in [-0.4, -0.2) is 77.8 Å². The summed E-state index contributed by atoms with van der Waals surface area (Å²) in [5.41, 5.74) is 6.75. The highest BCUT2D eigenvalue weighted by atomic mass is 16.6. The fraction of sp³-hybridized carbons (Fsp3) is 0.462. The Balaban J connectivity index is 0.000000335. The maximum absolute atomic E-state index is 11.6. The number of fused-ring (bicyclic) bond motifs is 2. The number of aliphatic hydroxyl groups excluding tert-OH is 1. The monoisotopic (exact) mass is 553 g/mol. The third-order valence-electron chi connectivity index (χ3n) is 5.12. The van der Waals surface area contributed by atoms with Crippen LogP contribution in [-0.2, 0) is 23.8 Å². The van der Waals surface area contributed by atoms with Gasteiger partial charge in [0.05, 0.1) is 13.7 Å². The highest BCUT2D eigenvalue weighted by Crippen LogP contribution is 2.34. The van der Waals surface area contributed by atoms with E-state index in [1.807, 2.05) is 0 Å². The number of benzene rings is 2. The predicted octanol–water partition coefficient (Wildman–Crippen LogP) is 0.809. The van der Waals surface area contributed by atoms with Gasteiger partial charge in [-0.2, -0.15) is 0 Å². The van der Waals surface area contributed by atoms with Crippen molar-refractivity contribution >= 4 is 11.8 Å². The number of carbonyl (C=O) groups is 2. The molecule has 0 aromatic heterocycles. The van der Waals surface area contributed by atoms with Gasteiger partial charge in [-0.05, 0) is 42.3 Å². The second-order valence-electron chi connectivity index (χ2n) is 7.55. The maximum atomic E-state index is 11.6. The Kier molecular flexibility index (Phi) is 16.1. The number of nitrogens with two attached hydrogens (primary N) is 3. The summed E-state index contributed by atoms with van der Waals surface area (Å²) in [4.78, 5) is 23.1. The first-order valence-electron chi connectivity index (χ1n) is 12.0. The van der Waals surface area contributed by atoms with Crippen LogP contribution < -0.4 is 36.4 Å². The number of hydrogen-bond acceptors (Lipinski definition) is 13. The molecule has 2 aliphatic heterocycles. The molecular formula is C26H39N3O10. The first-order chi connectivity index (χ1) is 18.9. The highest BCUT2D eigenvalue weighted by Gasteiger charge is 2.23. The molecule has 2 unspecified atom stereocenters. The number of esters is 1. The van der Waals surface area contributed by atoms with Gasteiger partial charge in [0.2, 0.25) is 0 Å². The molecule has 2 aromatic rings. The zero-order valence-corrected chi connectivity index (χ0v) is 22.7. The van der Waals surface area contributed by atoms with Crippen molar-refractivity contribution in [3.63, 3.8) is 0 Å². The standard InChI is InChI=1S/C12H15NO4.C12H14O5.C2H6O.H4N2/c1-15-12(9(14)7-13)8-2-3-10-11(6-8)17-5-4-16-10;1-14-11(12(13)15-2)8-3-4-9-10(7-8)17-6-5-16-9;1-2-3;1-2/h2-3,6,12H,4-5,7,13H2,1H3;3-4,7,11H,5-6H2,1-2H3;3H,2H2,1H3;1-2H2. The van der Waals surface area contributed by atoms with Crippen molar-refractivity contribution in [3.05, 3.63) is 47.5 Å². The molecule has 13 nitrogen and oxygen atoms in total. The molecule has 0 bridgehead atoms. The van der Waals surface area contributed by atoms with E-state index in [-0.39, 0.29) is 18.9 Å². The fourth-order valence-corrected chi connectivity index (χ4v) is 3.48. The van der Waals surface area contributed by atoms with Gasteiger partial charge in [-0.3, -0.25) is 16.5 Å². The van der Waals surface area contributed by atoms with Crippen LogP contribution in [0.5, 0.6) is 23.0 Å². The van der Waals surface area contributed by atoms with E-state index in [1.54, 1.807) is 43.3 Å². The molecule has 218 valence electrons. The number of ether oxygens (including phenoxy) is 7. The van der Waals surface area contributed by atoms with Crippen LogP contribution in [0.2, 0.25) is 0 Å². The minimum atomic E-state index is -0.740. The van der Waals surface area contributed by atoms with Gasteiger partial charge in [0.15, 0.2) is 34.9 Å². The molecule has 2 aliphatic rings. The molecule has 0 fully saturated rings. The quantitative estimate of drug-likeness (QED) is 0.214. The first-order valence-corrected chi connectivity index (χ1v) is 12.0. The van der Waals surface area contributed by atoms with Crippen molar-refractivity contribution in [2.75, 3.05) is 60.9 Å². The predicted molar refractivity (Wildman–Crippen MR) is 142 cm³/mol. The molecule has 0 aliphatic carbocycles. The highest BCUT2D eigenvalue weighted by molar-refractivity contribution is 5.86. The Morgan fingerprint density at radius 3 is 1.54 bits per heavy atom. The molecule has 4 rings (SSSR count). The van der Waals surface area contributed by atoms with Crippen molar-refractivity contribution in [2.24, 2.45) is 17.4 Å². The molecule has 2 aromatic carbocycles. The van der Waals surface area contributed by atoms with Crippen LogP contribution in [0.3, 0.4) is 0 Å². The molecule has 7 N–H and O–H groups in total. The van der Waals surface area contributed by atoms with Gasteiger partial charge in [0.25, 0.3) is 0 Å². The molecule has 13 heteroatoms. The Labute approximate surface area is 228 Å². The van der Waals surface area contributed by atoms with E-state index in [2.05, 4.69) is 16.4 Å². The van der Waals surface area contributed by atoms with Gasteiger partial charge in [0.1, 0.15) is 32.5 Å². The summed E-state index contributed by atoms with van der Waals surface area (Å²) in [5, 5.41) is 7.57. The average molecular weight is 554 g/mol. The summed E-state index contributed by atoms with van der Waals surface area (Å²) in [6, 6.07) is 10.6. The molecule has 0 radical (unpaired) electrons. The van der Waals surface area contributed by atoms with Gasteiger partial charge in [0, 0.05) is 20.8 Å². The largest absolute Gasteiger partial charge is 0.486 e. The third-order valence-corrected chi connectivity index (χ3v) is 5.12. The van der Waals surface area contributed by atoms with Gasteiger partial charge in [-0.1, -0.05) is 12.1 Å². The lowest BCUT2D eigenvalue weighted by molar-refractivity contribution is -0.152. The number of aliphatic hydroxyl groups is 1. The molecule has 0 spiro atoms. The van der Waals surface area contributed by atoms with E-state index in [0.717, 1.165) is 5.56 Å². The van der Waals surface area contributed by atoms with Crippen LogP contribution >= 0.6 is 0 Å². The smallest absolute Gasteiger partial charge is 0.339 e. The van der Waals surface area contributed by atoms with E-state index in [1.165, 1.54) is 21.3 Å². The number of hydrazine groups is 1. The molecule has 39 heavy (non-hydrogen) atoms. The summed E-state index contributed by atoms with van der Waals surface area (Å²) in [6.45, 7) is 3.98. The topological polar surface area (TPSA) is 197 Å². The van der Waals surface area contributed by atoms with E-state index in [0.29, 0.717) is 55.0 Å². The zero-order chi connectivity index (χ0) is 29.2. The number of ketones is 1. The first kappa shape index (κ1) is 33.6. The van der Waals surface area contributed by atoms with Crippen molar-refractivity contribution in [3.8, 4) is 23.0 Å². The second kappa shape index (κ2) is 18.7. The van der Waals surface area contributed by atoms with Crippen molar-refractivity contribution in [2.45, 2.75) is 19.1 Å². The zero-order valence-electron chi connectivity index (χ0n) is 22.7. The second-order valence-corrected chi connectivity index (χ2v) is 7.55. The summed E-state index contributed by atoms with van der Waals surface area (Å²) >= 11 is 0. The fourth-order valence-electron chi connectivity index (χ4n) is 3.48. The van der Waals surface area contributed by atoms with Crippen LogP contribution in [0.1, 0.15) is 30.3 Å². The Hall–Kier alpha value is -3.46. The number of methoxy groups -OCH3 is 3. The van der Waals surface area contributed by atoms with E-state index >= 15 is 0 Å². The van der Waals surface area contributed by atoms with Crippen LogP contribution in [0, 0.1) is 0 Å². The van der Waals surface area contributed by atoms with Gasteiger partial charge in [-0.15, -0.1) is 0 Å². The van der Waals surface area contributed by atoms with Crippen molar-refractivity contribution in [1.29, 1.82) is 0 Å². The van der Waals surface area contributed by atoms with Gasteiger partial charge < -0.3 is 44.0 Å². The number of carbonyl (C=O) groups excluding carboxylic acids is 2. The van der Waals surface area contributed by atoms with Gasteiger partial charge in [-0.25, -0.2) is 4.79 Å². The summed E-state index contributed by atoms with van der Waals surface area (Å²) in [5.74, 6) is 10.0. The average Bonchev–Trinajstić information content (AvgIpc) is 2.99.